The van der Waals surface area contributed by atoms with Crippen molar-refractivity contribution in [2.75, 3.05) is 0 Å². The first kappa shape index (κ1) is 17.3. The quantitative estimate of drug-likeness (QED) is 0.321. The Morgan fingerprint density at radius 3 is 1.28 bits per heavy atom. The lowest BCUT2D eigenvalue weighted by molar-refractivity contribution is 0.973. The third-order valence-corrected chi connectivity index (χ3v) is 6.13. The lowest BCUT2D eigenvalue weighted by atomic mass is 10.1. The van der Waals surface area contributed by atoms with E-state index < -0.39 is 0 Å². The maximum absolute atomic E-state index is 4.80. The molecule has 3 aromatic carbocycles. The van der Waals surface area contributed by atoms with E-state index in [9.17, 15) is 0 Å². The van der Waals surface area contributed by atoms with Gasteiger partial charge >= 0.3 is 0 Å². The standard InChI is InChI=1S/C28H18N4/c1-3-7-23-17-31-25(13-21(23)5-1)15-27(29-31)19-9-11-20(12-10-19)28-16-26-14-22-6-2-4-8-24(22)18-32(26)30-28/h1-18H. The molecule has 7 aromatic rings. The highest BCUT2D eigenvalue weighted by Crippen LogP contribution is 2.27. The molecule has 0 aliphatic carbocycles. The number of benzene rings is 3. The van der Waals surface area contributed by atoms with E-state index in [4.69, 9.17) is 10.2 Å². The van der Waals surface area contributed by atoms with E-state index >= 15 is 0 Å². The number of nitrogens with zero attached hydrogens (tertiary/aromatic N) is 4. The number of pyridine rings is 2. The molecule has 4 aromatic heterocycles. The topological polar surface area (TPSA) is 34.6 Å². The molecule has 0 saturated carbocycles. The van der Waals surface area contributed by atoms with Gasteiger partial charge < -0.3 is 0 Å². The molecule has 4 nitrogen and oxygen atoms in total. The minimum absolute atomic E-state index is 0.966. The summed E-state index contributed by atoms with van der Waals surface area (Å²) in [5, 5.41) is 14.4. The Labute approximate surface area is 184 Å². The van der Waals surface area contributed by atoms with Crippen LogP contribution in [0.5, 0.6) is 0 Å². The van der Waals surface area contributed by atoms with E-state index in [0.29, 0.717) is 0 Å². The summed E-state index contributed by atoms with van der Waals surface area (Å²) in [5.41, 5.74) is 6.30. The Hall–Kier alpha value is -4.44. The summed E-state index contributed by atoms with van der Waals surface area (Å²) in [6.45, 7) is 0. The SMILES string of the molecule is c1ccc2cn3nc(-c4ccc(-c5cc6cc7ccccc7cn6n5)cc4)cc3cc2c1. The van der Waals surface area contributed by atoms with Crippen molar-refractivity contribution < 1.29 is 0 Å². The van der Waals surface area contributed by atoms with Gasteiger partial charge in [0.15, 0.2) is 0 Å². The molecule has 0 radical (unpaired) electrons. The first-order valence-electron chi connectivity index (χ1n) is 10.7. The van der Waals surface area contributed by atoms with Gasteiger partial charge in [0, 0.05) is 34.3 Å². The van der Waals surface area contributed by atoms with E-state index in [1.807, 2.05) is 9.03 Å². The van der Waals surface area contributed by atoms with E-state index in [-0.39, 0.29) is 0 Å². The number of aromatic nitrogens is 4. The minimum atomic E-state index is 0.966. The second-order valence-corrected chi connectivity index (χ2v) is 8.18. The van der Waals surface area contributed by atoms with Crippen molar-refractivity contribution in [2.24, 2.45) is 0 Å². The van der Waals surface area contributed by atoms with Crippen molar-refractivity contribution in [3.05, 3.63) is 109 Å². The predicted octanol–water partition coefficient (Wildman–Crippen LogP) is 6.62. The zero-order valence-electron chi connectivity index (χ0n) is 17.2. The summed E-state index contributed by atoms with van der Waals surface area (Å²) in [6.07, 6.45) is 4.17. The van der Waals surface area contributed by atoms with Crippen LogP contribution in [-0.2, 0) is 0 Å². The normalized spacial score (nSPS) is 11.8. The van der Waals surface area contributed by atoms with Crippen LogP contribution in [0, 0.1) is 0 Å². The summed E-state index contributed by atoms with van der Waals surface area (Å²) in [4.78, 5) is 0. The van der Waals surface area contributed by atoms with Gasteiger partial charge in [-0.25, -0.2) is 9.03 Å². The first-order chi connectivity index (χ1) is 15.8. The molecule has 0 aliphatic rings. The van der Waals surface area contributed by atoms with Crippen LogP contribution in [0.2, 0.25) is 0 Å². The van der Waals surface area contributed by atoms with Gasteiger partial charge in [0.25, 0.3) is 0 Å². The zero-order valence-corrected chi connectivity index (χ0v) is 17.2. The molecule has 150 valence electrons. The van der Waals surface area contributed by atoms with Crippen LogP contribution >= 0.6 is 0 Å². The van der Waals surface area contributed by atoms with Gasteiger partial charge in [0.2, 0.25) is 0 Å². The van der Waals surface area contributed by atoms with Crippen molar-refractivity contribution in [1.29, 1.82) is 0 Å². The highest BCUT2D eigenvalue weighted by molar-refractivity contribution is 5.87. The minimum Gasteiger partial charge on any atom is -0.240 e. The van der Waals surface area contributed by atoms with Crippen LogP contribution in [0.15, 0.2) is 109 Å². The van der Waals surface area contributed by atoms with E-state index in [0.717, 1.165) is 33.5 Å². The summed E-state index contributed by atoms with van der Waals surface area (Å²) in [6, 6.07) is 33.9. The second-order valence-electron chi connectivity index (χ2n) is 8.18. The molecule has 0 saturated heterocycles. The molecule has 0 amide bonds. The summed E-state index contributed by atoms with van der Waals surface area (Å²) in [5.74, 6) is 0. The molecule has 4 heterocycles. The average molecular weight is 410 g/mol. The fraction of sp³-hybridized carbons (Fsp3) is 0. The third-order valence-electron chi connectivity index (χ3n) is 6.13. The summed E-state index contributed by atoms with van der Waals surface area (Å²) >= 11 is 0. The van der Waals surface area contributed by atoms with Crippen molar-refractivity contribution in [3.63, 3.8) is 0 Å². The fourth-order valence-corrected chi connectivity index (χ4v) is 4.44. The zero-order chi connectivity index (χ0) is 21.1. The van der Waals surface area contributed by atoms with E-state index in [1.165, 1.54) is 21.5 Å². The molecule has 0 fully saturated rings. The largest absolute Gasteiger partial charge is 0.240 e. The number of hydrogen-bond acceptors (Lipinski definition) is 2. The van der Waals surface area contributed by atoms with Crippen LogP contribution < -0.4 is 0 Å². The monoisotopic (exact) mass is 410 g/mol. The molecule has 0 aliphatic heterocycles. The van der Waals surface area contributed by atoms with Gasteiger partial charge in [-0.05, 0) is 35.0 Å². The van der Waals surface area contributed by atoms with Gasteiger partial charge in [-0.1, -0.05) is 72.8 Å². The van der Waals surface area contributed by atoms with Gasteiger partial charge in [0.1, 0.15) is 0 Å². The van der Waals surface area contributed by atoms with Crippen LogP contribution in [-0.4, -0.2) is 19.2 Å². The number of hydrogen-bond donors (Lipinski definition) is 0. The molecular weight excluding hydrogens is 392 g/mol. The number of rotatable bonds is 2. The van der Waals surface area contributed by atoms with Gasteiger partial charge in [-0.2, -0.15) is 10.2 Å². The molecule has 4 heteroatoms. The molecule has 0 atom stereocenters. The highest BCUT2D eigenvalue weighted by Gasteiger charge is 2.09. The van der Waals surface area contributed by atoms with Crippen LogP contribution in [0.25, 0.3) is 55.1 Å². The Bertz CT molecular complexity index is 1530. The summed E-state index contributed by atoms with van der Waals surface area (Å²) < 4.78 is 3.91. The Morgan fingerprint density at radius 2 is 0.844 bits per heavy atom. The van der Waals surface area contributed by atoms with Crippen molar-refractivity contribution in [1.82, 2.24) is 19.2 Å². The van der Waals surface area contributed by atoms with Crippen molar-refractivity contribution in [3.8, 4) is 22.5 Å². The molecule has 0 spiro atoms. The van der Waals surface area contributed by atoms with Crippen molar-refractivity contribution in [2.45, 2.75) is 0 Å². The van der Waals surface area contributed by atoms with Gasteiger partial charge in [0.05, 0.1) is 22.4 Å². The van der Waals surface area contributed by atoms with Gasteiger partial charge in [-0.3, -0.25) is 0 Å². The Morgan fingerprint density at radius 1 is 0.438 bits per heavy atom. The number of fused-ring (bicyclic) bond motifs is 4. The Balaban J connectivity index is 1.27. The lowest BCUT2D eigenvalue weighted by Crippen LogP contribution is -1.88. The third kappa shape index (κ3) is 2.70. The first-order valence-corrected chi connectivity index (χ1v) is 10.7. The second kappa shape index (κ2) is 6.53. The van der Waals surface area contributed by atoms with E-state index in [2.05, 4.69) is 109 Å². The fourth-order valence-electron chi connectivity index (χ4n) is 4.44. The molecule has 32 heavy (non-hydrogen) atoms. The van der Waals surface area contributed by atoms with Crippen LogP contribution in [0.4, 0.5) is 0 Å². The molecular formula is C28H18N4. The molecule has 0 unspecified atom stereocenters. The van der Waals surface area contributed by atoms with Crippen LogP contribution in [0.1, 0.15) is 0 Å². The predicted molar refractivity (Wildman–Crippen MR) is 130 cm³/mol. The average Bonchev–Trinajstić information content (AvgIpc) is 3.44. The lowest BCUT2D eigenvalue weighted by Gasteiger charge is -2.00. The van der Waals surface area contributed by atoms with Crippen LogP contribution in [0.3, 0.4) is 0 Å². The molecule has 7 rings (SSSR count). The highest BCUT2D eigenvalue weighted by atomic mass is 15.2. The molecule has 0 bridgehead atoms. The Kier molecular flexibility index (Phi) is 3.52. The smallest absolute Gasteiger partial charge is 0.0933 e. The molecule has 0 N–H and O–H groups in total. The summed E-state index contributed by atoms with van der Waals surface area (Å²) in [7, 11) is 0. The van der Waals surface area contributed by atoms with Crippen molar-refractivity contribution >= 4 is 32.6 Å². The van der Waals surface area contributed by atoms with Gasteiger partial charge in [-0.15, -0.1) is 0 Å². The maximum atomic E-state index is 4.80. The maximum Gasteiger partial charge on any atom is 0.0933 e. The van der Waals surface area contributed by atoms with E-state index in [1.54, 1.807) is 0 Å².